The number of hydrogen-bond donors (Lipinski definition) is 0. The Hall–Kier alpha value is -2.38. The molecule has 2 rings (SSSR count). The van der Waals surface area contributed by atoms with Crippen molar-refractivity contribution in [3.63, 3.8) is 0 Å². The van der Waals surface area contributed by atoms with Crippen molar-refractivity contribution in [1.82, 2.24) is 4.31 Å². The number of methoxy groups -OCH3 is 2. The van der Waals surface area contributed by atoms with E-state index in [1.165, 1.54) is 31.4 Å². The molecule has 0 spiro atoms. The average Bonchev–Trinajstić information content (AvgIpc) is 2.86. The van der Waals surface area contributed by atoms with Gasteiger partial charge in [-0.05, 0) is 42.4 Å². The smallest absolute Gasteiger partial charge is 0.324 e. The van der Waals surface area contributed by atoms with Crippen LogP contribution in [0.4, 0.5) is 22.0 Å². The molecule has 0 bridgehead atoms. The molecule has 6 nitrogen and oxygen atoms in total. The van der Waals surface area contributed by atoms with E-state index < -0.39 is 62.4 Å². The lowest BCUT2D eigenvalue weighted by Gasteiger charge is -2.30. The van der Waals surface area contributed by atoms with Crippen LogP contribution in [0.25, 0.3) is 0 Å². The zero-order valence-electron chi connectivity index (χ0n) is 20.0. The second kappa shape index (κ2) is 12.7. The number of sulfonamides is 1. The van der Waals surface area contributed by atoms with E-state index in [1.807, 2.05) is 0 Å². The summed E-state index contributed by atoms with van der Waals surface area (Å²) < 4.78 is 106. The molecule has 0 saturated carbocycles. The van der Waals surface area contributed by atoms with Gasteiger partial charge < -0.3 is 9.47 Å². The van der Waals surface area contributed by atoms with Crippen molar-refractivity contribution in [3.05, 3.63) is 58.9 Å². The number of thioether (sulfide) groups is 1. The van der Waals surface area contributed by atoms with Gasteiger partial charge in [-0.2, -0.15) is 16.1 Å². The van der Waals surface area contributed by atoms with Gasteiger partial charge in [-0.15, -0.1) is 0 Å². The Labute approximate surface area is 210 Å². The van der Waals surface area contributed by atoms with Crippen molar-refractivity contribution in [3.8, 4) is 5.75 Å². The predicted molar refractivity (Wildman–Crippen MR) is 125 cm³/mol. The standard InChI is InChI=1S/C23H26F5NO5S2/c1-13(2)11-29(36(31,32)15-7-5-14(33-3)6-8-15)17(23(30)34-4)9-10-35-12-16-18(24)20(26)22(28)21(27)19(16)25/h5-8,13,17H,9-12H2,1-4H3. The first-order valence-electron chi connectivity index (χ1n) is 10.7. The fourth-order valence-electron chi connectivity index (χ4n) is 3.30. The molecule has 1 atom stereocenters. The van der Waals surface area contributed by atoms with Gasteiger partial charge >= 0.3 is 5.97 Å². The molecule has 200 valence electrons. The highest BCUT2D eigenvalue weighted by molar-refractivity contribution is 7.98. The number of hydrogen-bond acceptors (Lipinski definition) is 6. The quantitative estimate of drug-likeness (QED) is 0.122. The third kappa shape index (κ3) is 6.68. The van der Waals surface area contributed by atoms with Gasteiger partial charge in [0, 0.05) is 17.9 Å². The molecule has 0 aliphatic carbocycles. The first-order chi connectivity index (χ1) is 16.9. The summed E-state index contributed by atoms with van der Waals surface area (Å²) >= 11 is 0.780. The minimum absolute atomic E-state index is 0.0452. The van der Waals surface area contributed by atoms with Gasteiger partial charge in [0.1, 0.15) is 11.8 Å². The summed E-state index contributed by atoms with van der Waals surface area (Å²) in [5, 5.41) is 0. The van der Waals surface area contributed by atoms with Crippen molar-refractivity contribution in [2.24, 2.45) is 5.92 Å². The molecule has 1 unspecified atom stereocenters. The highest BCUT2D eigenvalue weighted by atomic mass is 32.2. The number of nitrogens with zero attached hydrogens (tertiary/aromatic N) is 1. The molecule has 36 heavy (non-hydrogen) atoms. The van der Waals surface area contributed by atoms with Gasteiger partial charge in [0.25, 0.3) is 0 Å². The molecule has 2 aromatic rings. The van der Waals surface area contributed by atoms with Crippen LogP contribution in [0.3, 0.4) is 0 Å². The van der Waals surface area contributed by atoms with E-state index in [4.69, 9.17) is 9.47 Å². The van der Waals surface area contributed by atoms with Crippen LogP contribution < -0.4 is 4.74 Å². The summed E-state index contributed by atoms with van der Waals surface area (Å²) in [5.41, 5.74) is -1.00. The Morgan fingerprint density at radius 3 is 1.94 bits per heavy atom. The molecule has 0 N–H and O–H groups in total. The van der Waals surface area contributed by atoms with Gasteiger partial charge in [0.15, 0.2) is 23.3 Å². The maximum atomic E-state index is 13.9. The summed E-state index contributed by atoms with van der Waals surface area (Å²) in [7, 11) is -1.68. The van der Waals surface area contributed by atoms with E-state index in [2.05, 4.69) is 0 Å². The second-order valence-corrected chi connectivity index (χ2v) is 11.1. The molecular formula is C23H26F5NO5S2. The molecular weight excluding hydrogens is 529 g/mol. The normalized spacial score (nSPS) is 12.8. The molecule has 0 aromatic heterocycles. The van der Waals surface area contributed by atoms with Gasteiger partial charge in [-0.1, -0.05) is 13.8 Å². The van der Waals surface area contributed by atoms with E-state index in [1.54, 1.807) is 13.8 Å². The fourth-order valence-corrected chi connectivity index (χ4v) is 6.06. The molecule has 2 aromatic carbocycles. The largest absolute Gasteiger partial charge is 0.497 e. The predicted octanol–water partition coefficient (Wildman–Crippen LogP) is 4.90. The molecule has 0 heterocycles. The molecule has 13 heteroatoms. The Bertz CT molecular complexity index is 1150. The summed E-state index contributed by atoms with van der Waals surface area (Å²) in [6.07, 6.45) is -0.144. The number of rotatable bonds is 12. The Morgan fingerprint density at radius 1 is 0.944 bits per heavy atom. The van der Waals surface area contributed by atoms with Gasteiger partial charge in [-0.3, -0.25) is 4.79 Å². The first kappa shape index (κ1) is 29.8. The molecule has 0 amide bonds. The minimum Gasteiger partial charge on any atom is -0.497 e. The van der Waals surface area contributed by atoms with Gasteiger partial charge in [0.05, 0.1) is 19.1 Å². The zero-order chi connectivity index (χ0) is 27.2. The van der Waals surface area contributed by atoms with Crippen molar-refractivity contribution in [2.45, 2.75) is 37.0 Å². The van der Waals surface area contributed by atoms with Gasteiger partial charge in [0.2, 0.25) is 15.8 Å². The zero-order valence-corrected chi connectivity index (χ0v) is 21.6. The number of esters is 1. The lowest BCUT2D eigenvalue weighted by Crippen LogP contribution is -2.47. The number of halogens is 5. The minimum atomic E-state index is -4.19. The molecule has 0 aliphatic heterocycles. The van der Waals surface area contributed by atoms with E-state index in [9.17, 15) is 35.2 Å². The van der Waals surface area contributed by atoms with Crippen molar-refractivity contribution in [2.75, 3.05) is 26.5 Å². The molecule has 0 saturated heterocycles. The van der Waals surface area contributed by atoms with Crippen LogP contribution in [0, 0.1) is 35.0 Å². The van der Waals surface area contributed by atoms with Gasteiger partial charge in [-0.25, -0.2) is 30.4 Å². The highest BCUT2D eigenvalue weighted by Crippen LogP contribution is 2.28. The maximum absolute atomic E-state index is 13.9. The van der Waals surface area contributed by atoms with Crippen LogP contribution in [0.15, 0.2) is 29.2 Å². The number of benzene rings is 2. The van der Waals surface area contributed by atoms with Crippen LogP contribution in [-0.2, 0) is 25.3 Å². The number of ether oxygens (including phenoxy) is 2. The fraction of sp³-hybridized carbons (Fsp3) is 0.435. The number of carbonyl (C=O) groups excluding carboxylic acids is 1. The maximum Gasteiger partial charge on any atom is 0.324 e. The van der Waals surface area contributed by atoms with Crippen LogP contribution in [0.5, 0.6) is 5.75 Å². The van der Waals surface area contributed by atoms with Crippen LogP contribution in [-0.4, -0.2) is 51.3 Å². The Balaban J connectivity index is 2.29. The van der Waals surface area contributed by atoms with Crippen LogP contribution in [0.1, 0.15) is 25.8 Å². The monoisotopic (exact) mass is 555 g/mol. The second-order valence-electron chi connectivity index (χ2n) is 8.07. The third-order valence-electron chi connectivity index (χ3n) is 5.11. The van der Waals surface area contributed by atoms with Crippen molar-refractivity contribution in [1.29, 1.82) is 0 Å². The molecule has 0 aliphatic rings. The average molecular weight is 556 g/mol. The summed E-state index contributed by atoms with van der Waals surface area (Å²) in [5.74, 6) is -11.5. The summed E-state index contributed by atoms with van der Waals surface area (Å²) in [6.45, 7) is 3.46. The first-order valence-corrected chi connectivity index (χ1v) is 13.3. The van der Waals surface area contributed by atoms with Crippen LogP contribution >= 0.6 is 11.8 Å². The summed E-state index contributed by atoms with van der Waals surface area (Å²) in [4.78, 5) is 12.5. The summed E-state index contributed by atoms with van der Waals surface area (Å²) in [6, 6.07) is 4.26. The SMILES string of the molecule is COC(=O)C(CCSCc1c(F)c(F)c(F)c(F)c1F)N(CC(C)C)S(=O)(=O)c1ccc(OC)cc1. The van der Waals surface area contributed by atoms with E-state index >= 15 is 0 Å². The van der Waals surface area contributed by atoms with Crippen LogP contribution in [0.2, 0.25) is 0 Å². The lowest BCUT2D eigenvalue weighted by atomic mass is 10.1. The van der Waals surface area contributed by atoms with E-state index in [0.717, 1.165) is 23.2 Å². The third-order valence-corrected chi connectivity index (χ3v) is 8.02. The van der Waals surface area contributed by atoms with Crippen molar-refractivity contribution >= 4 is 27.8 Å². The van der Waals surface area contributed by atoms with E-state index in [-0.39, 0.29) is 29.5 Å². The number of carbonyl (C=O) groups is 1. The highest BCUT2D eigenvalue weighted by Gasteiger charge is 2.37. The molecule has 0 fully saturated rings. The molecule has 0 radical (unpaired) electrons. The Morgan fingerprint density at radius 2 is 1.47 bits per heavy atom. The van der Waals surface area contributed by atoms with E-state index in [0.29, 0.717) is 5.75 Å². The van der Waals surface area contributed by atoms with Crippen molar-refractivity contribution < 1.29 is 44.6 Å². The lowest BCUT2D eigenvalue weighted by molar-refractivity contribution is -0.145. The topological polar surface area (TPSA) is 72.9 Å². The Kier molecular flexibility index (Phi) is 10.6.